The second kappa shape index (κ2) is 228. The van der Waals surface area contributed by atoms with Crippen LogP contribution in [-0.4, -0.2) is 0 Å². The zero-order valence-corrected chi connectivity index (χ0v) is 9.18. The van der Waals surface area contributed by atoms with E-state index >= 15 is 0 Å². The SMILES string of the molecule is P.[CH3-].[CH3-].[CH3-].[CH3-].[Cu+2].[Cu].[NH2-]. The maximum absolute atomic E-state index is 0. The Morgan fingerprint density at radius 2 is 0.625 bits per heavy atom. The molecule has 0 heterocycles. The molecule has 0 aliphatic heterocycles. The van der Waals surface area contributed by atoms with Crippen molar-refractivity contribution in [2.75, 3.05) is 0 Å². The van der Waals surface area contributed by atoms with Crippen LogP contribution < -0.4 is 0 Å². The Kier molecular flexibility index (Phi) is 9340. The van der Waals surface area contributed by atoms with Gasteiger partial charge in [0.05, 0.1) is 0 Å². The largest absolute Gasteiger partial charge is 2.00 e. The van der Waals surface area contributed by atoms with Crippen molar-refractivity contribution in [2.24, 2.45) is 0 Å². The molecule has 0 saturated carbocycles. The Balaban J connectivity index is 0. The van der Waals surface area contributed by atoms with Gasteiger partial charge in [0.15, 0.2) is 0 Å². The summed E-state index contributed by atoms with van der Waals surface area (Å²) in [6.45, 7) is 0. The molecule has 0 amide bonds. The first kappa shape index (κ1) is 328. The van der Waals surface area contributed by atoms with Gasteiger partial charge >= 0.3 is 17.1 Å². The number of hydrogen-bond acceptors (Lipinski definition) is 0. The van der Waals surface area contributed by atoms with Crippen molar-refractivity contribution >= 4 is 9.90 Å². The standard InChI is InChI=1S/4CH3.2Cu.H2N.H3P/h4*1H3;;;1H2;1H3/q4*-1;;+2;-1;. The zero-order chi connectivity index (χ0) is 0. The van der Waals surface area contributed by atoms with E-state index in [4.69, 9.17) is 0 Å². The molecule has 4 heteroatoms. The molecule has 1 nitrogen and oxygen atoms in total. The van der Waals surface area contributed by atoms with Crippen LogP contribution >= 0.6 is 9.90 Å². The first-order valence-electron chi connectivity index (χ1n) is 0. The summed E-state index contributed by atoms with van der Waals surface area (Å²) in [6, 6.07) is 0. The van der Waals surface area contributed by atoms with Crippen LogP contribution in [0.2, 0.25) is 0 Å². The summed E-state index contributed by atoms with van der Waals surface area (Å²) in [7, 11) is 0. The number of hydrogen-bond donors (Lipinski definition) is 0. The maximum Gasteiger partial charge on any atom is 2.00 e. The zero-order valence-electron chi connectivity index (χ0n) is 5.89. The van der Waals surface area contributed by atoms with Gasteiger partial charge in [-0.1, -0.05) is 0 Å². The van der Waals surface area contributed by atoms with Crippen LogP contribution in [0.25, 0.3) is 6.15 Å². The third-order valence-electron chi connectivity index (χ3n) is 0. The van der Waals surface area contributed by atoms with Crippen LogP contribution in [-0.2, 0) is 34.1 Å². The van der Waals surface area contributed by atoms with Gasteiger partial charge in [-0.3, -0.25) is 0 Å². The molecule has 0 aromatic heterocycles. The Hall–Kier alpha value is 1.43. The summed E-state index contributed by atoms with van der Waals surface area (Å²) in [5, 5.41) is 0. The summed E-state index contributed by atoms with van der Waals surface area (Å²) in [5.41, 5.74) is 0. The van der Waals surface area contributed by atoms with Crippen molar-refractivity contribution in [1.29, 1.82) is 0 Å². The van der Waals surface area contributed by atoms with Crippen molar-refractivity contribution in [3.05, 3.63) is 35.9 Å². The number of rotatable bonds is 0. The van der Waals surface area contributed by atoms with Gasteiger partial charge in [-0.25, -0.2) is 0 Å². The van der Waals surface area contributed by atoms with Crippen LogP contribution in [0, 0.1) is 29.7 Å². The van der Waals surface area contributed by atoms with Crippen LogP contribution in [0.4, 0.5) is 0 Å². The molecule has 0 bridgehead atoms. The van der Waals surface area contributed by atoms with Gasteiger partial charge in [-0.2, -0.15) is 9.90 Å². The quantitative estimate of drug-likeness (QED) is 0.352. The molecule has 0 aromatic carbocycles. The van der Waals surface area contributed by atoms with Crippen molar-refractivity contribution in [1.82, 2.24) is 0 Å². The summed E-state index contributed by atoms with van der Waals surface area (Å²) < 4.78 is 0. The van der Waals surface area contributed by atoms with Gasteiger partial charge in [0.25, 0.3) is 0 Å². The molecule has 68 valence electrons. The summed E-state index contributed by atoms with van der Waals surface area (Å²) in [6.07, 6.45) is 0. The first-order valence-corrected chi connectivity index (χ1v) is 0. The van der Waals surface area contributed by atoms with E-state index in [0.717, 1.165) is 0 Å². The fourth-order valence-corrected chi connectivity index (χ4v) is 0. The van der Waals surface area contributed by atoms with Crippen LogP contribution in [0.3, 0.4) is 0 Å². The molecule has 2 N–H and O–H groups in total. The molecule has 0 fully saturated rings. The monoisotopic (exact) mass is 236 g/mol. The average Bonchev–Trinajstić information content (AvgIpc) is 0. The molecule has 0 saturated heterocycles. The van der Waals surface area contributed by atoms with Crippen LogP contribution in [0.1, 0.15) is 0 Å². The van der Waals surface area contributed by atoms with Gasteiger partial charge in [0, 0.05) is 17.1 Å². The van der Waals surface area contributed by atoms with Gasteiger partial charge in [0.1, 0.15) is 0 Å². The van der Waals surface area contributed by atoms with E-state index in [1.165, 1.54) is 0 Å². The second-order valence-corrected chi connectivity index (χ2v) is 0. The fourth-order valence-electron chi connectivity index (χ4n) is 0. The minimum atomic E-state index is 0. The third-order valence-corrected chi connectivity index (χ3v) is 0. The van der Waals surface area contributed by atoms with E-state index in [1.54, 1.807) is 0 Å². The van der Waals surface area contributed by atoms with Crippen LogP contribution in [0.15, 0.2) is 0 Å². The molecular formula is C4H17Cu2NP-3. The van der Waals surface area contributed by atoms with Gasteiger partial charge < -0.3 is 35.9 Å². The van der Waals surface area contributed by atoms with Gasteiger partial charge in [-0.05, 0) is 0 Å². The van der Waals surface area contributed by atoms with Gasteiger partial charge in [0.2, 0.25) is 0 Å². The molecular weight excluding hydrogens is 220 g/mol. The predicted molar refractivity (Wildman–Crippen MR) is 42.0 cm³/mol. The third kappa shape index (κ3) is 150. The van der Waals surface area contributed by atoms with Crippen LogP contribution in [0.5, 0.6) is 0 Å². The van der Waals surface area contributed by atoms with E-state index in [0.29, 0.717) is 0 Å². The average molecular weight is 237 g/mol. The van der Waals surface area contributed by atoms with Crippen molar-refractivity contribution < 1.29 is 34.1 Å². The van der Waals surface area contributed by atoms with E-state index in [2.05, 4.69) is 0 Å². The molecule has 1 unspecified atom stereocenters. The molecule has 0 spiro atoms. The van der Waals surface area contributed by atoms with Gasteiger partial charge in [-0.15, -0.1) is 0 Å². The van der Waals surface area contributed by atoms with Crippen molar-refractivity contribution in [3.63, 3.8) is 0 Å². The van der Waals surface area contributed by atoms with E-state index in [1.807, 2.05) is 0 Å². The maximum atomic E-state index is 0. The molecule has 1 atom stereocenters. The van der Waals surface area contributed by atoms with Crippen molar-refractivity contribution in [2.45, 2.75) is 0 Å². The Morgan fingerprint density at radius 3 is 0.625 bits per heavy atom. The Morgan fingerprint density at radius 1 is 0.625 bits per heavy atom. The molecule has 0 aliphatic carbocycles. The minimum absolute atomic E-state index is 0. The predicted octanol–water partition coefficient (Wildman–Crippen LogP) is 2.57. The van der Waals surface area contributed by atoms with Crippen molar-refractivity contribution in [3.8, 4) is 0 Å². The molecule has 0 rings (SSSR count). The Bertz CT molecular complexity index is 14.0. The minimum Gasteiger partial charge on any atom is -0.693 e. The van der Waals surface area contributed by atoms with E-state index in [-0.39, 0.29) is 79.9 Å². The second-order valence-electron chi connectivity index (χ2n) is 0. The molecule has 0 aliphatic rings. The molecule has 2 radical (unpaired) electrons. The summed E-state index contributed by atoms with van der Waals surface area (Å²) in [5.74, 6) is 0. The topological polar surface area (TPSA) is 33.5 Å². The van der Waals surface area contributed by atoms with E-state index in [9.17, 15) is 0 Å². The molecule has 8 heavy (non-hydrogen) atoms. The Labute approximate surface area is 79.9 Å². The summed E-state index contributed by atoms with van der Waals surface area (Å²) >= 11 is 0. The first-order chi connectivity index (χ1) is 0. The molecule has 0 aromatic rings. The fraction of sp³-hybridized carbons (Fsp3) is 0. The smallest absolute Gasteiger partial charge is 0.693 e. The van der Waals surface area contributed by atoms with E-state index < -0.39 is 0 Å². The number of nitrogens with two attached hydrogens (primary N) is 1. The normalized spacial score (nSPS) is 0. The summed E-state index contributed by atoms with van der Waals surface area (Å²) in [4.78, 5) is 0.